The average Bonchev–Trinajstić information content (AvgIpc) is 3.30. The Morgan fingerprint density at radius 3 is 2.31 bits per heavy atom. The SMILES string of the molecule is CCc1ccc(NC(=O)CSc2nnc(COc3ccc(Cl)cc3)n2-c2ccc(OC)cc2)cc1. The van der Waals surface area contributed by atoms with Crippen LogP contribution in [0.4, 0.5) is 5.69 Å². The van der Waals surface area contributed by atoms with Crippen LogP contribution in [-0.4, -0.2) is 33.5 Å². The predicted octanol–water partition coefficient (Wildman–Crippen LogP) is 5.80. The summed E-state index contributed by atoms with van der Waals surface area (Å²) >= 11 is 7.26. The highest BCUT2D eigenvalue weighted by atomic mass is 35.5. The maximum atomic E-state index is 12.6. The number of hydrogen-bond acceptors (Lipinski definition) is 6. The highest BCUT2D eigenvalue weighted by molar-refractivity contribution is 7.99. The number of benzene rings is 3. The first-order chi connectivity index (χ1) is 17.1. The Balaban J connectivity index is 1.49. The summed E-state index contributed by atoms with van der Waals surface area (Å²) in [6.45, 7) is 2.29. The second kappa shape index (κ2) is 11.8. The van der Waals surface area contributed by atoms with Crippen molar-refractivity contribution in [3.05, 3.63) is 89.2 Å². The molecule has 0 aliphatic heterocycles. The first kappa shape index (κ1) is 24.6. The van der Waals surface area contributed by atoms with Crippen LogP contribution in [0, 0.1) is 0 Å². The Bertz CT molecular complexity index is 1260. The van der Waals surface area contributed by atoms with E-state index >= 15 is 0 Å². The number of ether oxygens (including phenoxy) is 2. The fourth-order valence-electron chi connectivity index (χ4n) is 3.31. The number of carbonyl (C=O) groups excluding carboxylic acids is 1. The van der Waals surface area contributed by atoms with Crippen LogP contribution in [0.5, 0.6) is 11.5 Å². The van der Waals surface area contributed by atoms with E-state index < -0.39 is 0 Å². The van der Waals surface area contributed by atoms with Crippen LogP contribution in [0.2, 0.25) is 5.02 Å². The molecule has 0 bridgehead atoms. The van der Waals surface area contributed by atoms with E-state index in [1.807, 2.05) is 53.1 Å². The molecule has 0 spiro atoms. The zero-order valence-corrected chi connectivity index (χ0v) is 21.0. The summed E-state index contributed by atoms with van der Waals surface area (Å²) in [6, 6.07) is 22.5. The van der Waals surface area contributed by atoms with Crippen LogP contribution in [0.1, 0.15) is 18.3 Å². The number of carbonyl (C=O) groups is 1. The molecule has 1 N–H and O–H groups in total. The molecule has 9 heteroatoms. The fourth-order valence-corrected chi connectivity index (χ4v) is 4.20. The van der Waals surface area contributed by atoms with Crippen LogP contribution in [-0.2, 0) is 17.8 Å². The minimum atomic E-state index is -0.123. The van der Waals surface area contributed by atoms with Crippen molar-refractivity contribution in [3.8, 4) is 17.2 Å². The lowest BCUT2D eigenvalue weighted by molar-refractivity contribution is -0.113. The van der Waals surface area contributed by atoms with Gasteiger partial charge in [-0.25, -0.2) is 0 Å². The van der Waals surface area contributed by atoms with Gasteiger partial charge in [0, 0.05) is 16.4 Å². The molecule has 0 atom stereocenters. The summed E-state index contributed by atoms with van der Waals surface area (Å²) < 4.78 is 13.1. The van der Waals surface area contributed by atoms with Crippen LogP contribution < -0.4 is 14.8 Å². The molecule has 1 amide bonds. The lowest BCUT2D eigenvalue weighted by Gasteiger charge is -2.12. The minimum absolute atomic E-state index is 0.123. The first-order valence-electron chi connectivity index (χ1n) is 11.0. The number of rotatable bonds is 10. The second-order valence-corrected chi connectivity index (χ2v) is 8.94. The number of aromatic nitrogens is 3. The van der Waals surface area contributed by atoms with Gasteiger partial charge in [-0.05, 0) is 72.6 Å². The third kappa shape index (κ3) is 6.55. The topological polar surface area (TPSA) is 78.3 Å². The summed E-state index contributed by atoms with van der Waals surface area (Å²) in [5.74, 6) is 2.07. The van der Waals surface area contributed by atoms with Gasteiger partial charge in [-0.3, -0.25) is 9.36 Å². The van der Waals surface area contributed by atoms with E-state index in [4.69, 9.17) is 21.1 Å². The molecule has 0 aliphatic rings. The Morgan fingerprint density at radius 1 is 0.971 bits per heavy atom. The maximum Gasteiger partial charge on any atom is 0.234 e. The summed E-state index contributed by atoms with van der Waals surface area (Å²) in [4.78, 5) is 12.6. The Kier molecular flexibility index (Phi) is 8.28. The van der Waals surface area contributed by atoms with Crippen molar-refractivity contribution in [2.24, 2.45) is 0 Å². The second-order valence-electron chi connectivity index (χ2n) is 7.56. The largest absolute Gasteiger partial charge is 0.497 e. The fraction of sp³-hybridized carbons (Fsp3) is 0.192. The van der Waals surface area contributed by atoms with Crippen molar-refractivity contribution in [2.45, 2.75) is 25.1 Å². The molecule has 1 heterocycles. The summed E-state index contributed by atoms with van der Waals surface area (Å²) in [5.41, 5.74) is 2.82. The van der Waals surface area contributed by atoms with Crippen molar-refractivity contribution in [1.29, 1.82) is 0 Å². The van der Waals surface area contributed by atoms with E-state index in [2.05, 4.69) is 22.4 Å². The summed E-state index contributed by atoms with van der Waals surface area (Å²) in [7, 11) is 1.62. The maximum absolute atomic E-state index is 12.6. The number of nitrogens with one attached hydrogen (secondary N) is 1. The van der Waals surface area contributed by atoms with Crippen molar-refractivity contribution in [1.82, 2.24) is 14.8 Å². The molecular formula is C26H25ClN4O3S. The number of aryl methyl sites for hydroxylation is 1. The first-order valence-corrected chi connectivity index (χ1v) is 12.4. The molecule has 0 radical (unpaired) electrons. The van der Waals surface area contributed by atoms with E-state index in [0.29, 0.717) is 21.8 Å². The van der Waals surface area contributed by atoms with E-state index in [-0.39, 0.29) is 18.3 Å². The molecule has 0 saturated heterocycles. The van der Waals surface area contributed by atoms with Gasteiger partial charge in [-0.1, -0.05) is 42.4 Å². The normalized spacial score (nSPS) is 10.7. The number of thioether (sulfide) groups is 1. The van der Waals surface area contributed by atoms with Gasteiger partial charge in [0.15, 0.2) is 11.0 Å². The molecular weight excluding hydrogens is 484 g/mol. The van der Waals surface area contributed by atoms with Gasteiger partial charge >= 0.3 is 0 Å². The summed E-state index contributed by atoms with van der Waals surface area (Å²) in [6.07, 6.45) is 0.954. The molecule has 4 rings (SSSR count). The summed E-state index contributed by atoms with van der Waals surface area (Å²) in [5, 5.41) is 12.8. The molecule has 7 nitrogen and oxygen atoms in total. The Morgan fingerprint density at radius 2 is 1.66 bits per heavy atom. The van der Waals surface area contributed by atoms with Gasteiger partial charge in [0.1, 0.15) is 18.1 Å². The van der Waals surface area contributed by atoms with E-state index in [0.717, 1.165) is 23.5 Å². The minimum Gasteiger partial charge on any atom is -0.497 e. The Hall–Kier alpha value is -3.49. The highest BCUT2D eigenvalue weighted by Crippen LogP contribution is 2.25. The Labute approximate surface area is 213 Å². The monoisotopic (exact) mass is 508 g/mol. The van der Waals surface area contributed by atoms with Gasteiger partial charge in [0.2, 0.25) is 5.91 Å². The zero-order chi connectivity index (χ0) is 24.6. The standard InChI is InChI=1S/C26H25ClN4O3S/c1-3-18-4-8-20(9-5-18)28-25(32)17-35-26-30-29-24(16-34-23-12-6-19(27)7-13-23)31(26)21-10-14-22(33-2)15-11-21/h4-15H,3,16-17H2,1-2H3,(H,28,32). The number of methoxy groups -OCH3 is 1. The molecule has 0 saturated carbocycles. The molecule has 0 aliphatic carbocycles. The molecule has 35 heavy (non-hydrogen) atoms. The quantitative estimate of drug-likeness (QED) is 0.273. The van der Waals surface area contributed by atoms with Gasteiger partial charge in [0.25, 0.3) is 0 Å². The van der Waals surface area contributed by atoms with Crippen LogP contribution in [0.15, 0.2) is 78.0 Å². The van der Waals surface area contributed by atoms with E-state index in [1.165, 1.54) is 17.3 Å². The van der Waals surface area contributed by atoms with Gasteiger partial charge in [-0.15, -0.1) is 10.2 Å². The molecule has 180 valence electrons. The van der Waals surface area contributed by atoms with E-state index in [9.17, 15) is 4.79 Å². The molecule has 0 fully saturated rings. The predicted molar refractivity (Wildman–Crippen MR) is 139 cm³/mol. The van der Waals surface area contributed by atoms with Crippen LogP contribution >= 0.6 is 23.4 Å². The molecule has 1 aromatic heterocycles. The smallest absolute Gasteiger partial charge is 0.234 e. The van der Waals surface area contributed by atoms with Gasteiger partial charge in [0.05, 0.1) is 12.9 Å². The van der Waals surface area contributed by atoms with Gasteiger partial charge < -0.3 is 14.8 Å². The molecule has 4 aromatic rings. The lowest BCUT2D eigenvalue weighted by Crippen LogP contribution is -2.14. The van der Waals surface area contributed by atoms with Crippen LogP contribution in [0.3, 0.4) is 0 Å². The van der Waals surface area contributed by atoms with Crippen LogP contribution in [0.25, 0.3) is 5.69 Å². The number of halogens is 1. The van der Waals surface area contributed by atoms with Crippen molar-refractivity contribution in [3.63, 3.8) is 0 Å². The molecule has 0 unspecified atom stereocenters. The number of nitrogens with zero attached hydrogens (tertiary/aromatic N) is 3. The third-order valence-corrected chi connectivity index (χ3v) is 6.37. The highest BCUT2D eigenvalue weighted by Gasteiger charge is 2.17. The zero-order valence-electron chi connectivity index (χ0n) is 19.4. The lowest BCUT2D eigenvalue weighted by atomic mass is 10.1. The van der Waals surface area contributed by atoms with Crippen molar-refractivity contribution >= 4 is 35.0 Å². The van der Waals surface area contributed by atoms with Gasteiger partial charge in [-0.2, -0.15) is 0 Å². The average molecular weight is 509 g/mol. The number of hydrogen-bond donors (Lipinski definition) is 1. The van der Waals surface area contributed by atoms with Crippen molar-refractivity contribution in [2.75, 3.05) is 18.2 Å². The number of anilines is 1. The van der Waals surface area contributed by atoms with Crippen molar-refractivity contribution < 1.29 is 14.3 Å². The van der Waals surface area contributed by atoms with E-state index in [1.54, 1.807) is 31.4 Å². The third-order valence-electron chi connectivity index (χ3n) is 5.19. The number of amides is 1. The molecule has 3 aromatic carbocycles.